The van der Waals surface area contributed by atoms with Crippen molar-refractivity contribution in [2.75, 3.05) is 5.75 Å². The number of benzene rings is 2. The van der Waals surface area contributed by atoms with Crippen molar-refractivity contribution >= 4 is 23.6 Å². The molecule has 0 unspecified atom stereocenters. The van der Waals surface area contributed by atoms with Gasteiger partial charge < -0.3 is 10.2 Å². The summed E-state index contributed by atoms with van der Waals surface area (Å²) in [5.74, 6) is -0.198. The van der Waals surface area contributed by atoms with Crippen molar-refractivity contribution in [3.8, 4) is 0 Å². The van der Waals surface area contributed by atoms with Gasteiger partial charge in [-0.2, -0.15) is 0 Å². The van der Waals surface area contributed by atoms with E-state index in [0.717, 1.165) is 36.8 Å². The lowest BCUT2D eigenvalue weighted by Crippen LogP contribution is -2.50. The van der Waals surface area contributed by atoms with Crippen LogP contribution in [-0.4, -0.2) is 34.6 Å². The molecule has 4 nitrogen and oxygen atoms in total. The van der Waals surface area contributed by atoms with Crippen LogP contribution >= 0.6 is 11.8 Å². The third-order valence-corrected chi connectivity index (χ3v) is 6.53. The third kappa shape index (κ3) is 7.06. The molecule has 31 heavy (non-hydrogen) atoms. The first-order valence-electron chi connectivity index (χ1n) is 10.6. The van der Waals surface area contributed by atoms with Crippen LogP contribution in [0.15, 0.2) is 48.5 Å². The van der Waals surface area contributed by atoms with E-state index in [2.05, 4.69) is 5.32 Å². The Balaban J connectivity index is 1.64. The van der Waals surface area contributed by atoms with Crippen LogP contribution < -0.4 is 5.32 Å². The van der Waals surface area contributed by atoms with Crippen LogP contribution in [-0.2, 0) is 21.9 Å². The fourth-order valence-corrected chi connectivity index (χ4v) is 4.55. The molecule has 1 aliphatic rings. The second kappa shape index (κ2) is 11.3. The maximum absolute atomic E-state index is 13.3. The molecule has 1 N–H and O–H groups in total. The number of hydrogen-bond acceptors (Lipinski definition) is 3. The van der Waals surface area contributed by atoms with E-state index in [1.165, 1.54) is 36.0 Å². The van der Waals surface area contributed by atoms with Gasteiger partial charge in [0.1, 0.15) is 17.7 Å². The van der Waals surface area contributed by atoms with Gasteiger partial charge in [0.25, 0.3) is 0 Å². The number of thioether (sulfide) groups is 1. The number of hydrogen-bond donors (Lipinski definition) is 1. The van der Waals surface area contributed by atoms with Crippen molar-refractivity contribution in [1.29, 1.82) is 0 Å². The van der Waals surface area contributed by atoms with E-state index in [9.17, 15) is 18.4 Å². The summed E-state index contributed by atoms with van der Waals surface area (Å²) in [6.07, 6.45) is 4.16. The van der Waals surface area contributed by atoms with Crippen molar-refractivity contribution in [2.45, 2.75) is 57.0 Å². The molecule has 0 radical (unpaired) electrons. The van der Waals surface area contributed by atoms with Crippen molar-refractivity contribution < 1.29 is 18.4 Å². The average Bonchev–Trinajstić information content (AvgIpc) is 3.27. The van der Waals surface area contributed by atoms with Gasteiger partial charge in [-0.15, -0.1) is 11.8 Å². The minimum Gasteiger partial charge on any atom is -0.352 e. The summed E-state index contributed by atoms with van der Waals surface area (Å²) in [6, 6.07) is 11.7. The summed E-state index contributed by atoms with van der Waals surface area (Å²) in [5.41, 5.74) is 1.69. The number of nitrogens with one attached hydrogen (secondary N) is 1. The van der Waals surface area contributed by atoms with Gasteiger partial charge in [0, 0.05) is 18.3 Å². The summed E-state index contributed by atoms with van der Waals surface area (Å²) < 4.78 is 26.3. The SMILES string of the molecule is C[C@@H](C(=O)NC1CCCC1)N(Cc1ccc(F)cc1)C(=O)CSCc1ccc(F)cc1. The highest BCUT2D eigenvalue weighted by atomic mass is 32.2. The zero-order chi connectivity index (χ0) is 22.2. The normalized spacial score (nSPS) is 14.9. The Morgan fingerprint density at radius 2 is 1.55 bits per heavy atom. The van der Waals surface area contributed by atoms with Crippen molar-refractivity contribution in [3.63, 3.8) is 0 Å². The first-order valence-corrected chi connectivity index (χ1v) is 11.7. The molecule has 1 atom stereocenters. The van der Waals surface area contributed by atoms with Crippen LogP contribution in [0, 0.1) is 11.6 Å². The molecule has 2 amide bonds. The lowest BCUT2D eigenvalue weighted by Gasteiger charge is -2.29. The highest BCUT2D eigenvalue weighted by Crippen LogP contribution is 2.20. The largest absolute Gasteiger partial charge is 0.352 e. The Bertz CT molecular complexity index is 868. The number of nitrogens with zero attached hydrogens (tertiary/aromatic N) is 1. The number of halogens is 2. The molecule has 166 valence electrons. The molecule has 1 saturated carbocycles. The first-order chi connectivity index (χ1) is 14.9. The Hall–Kier alpha value is -2.41. The molecule has 0 aromatic heterocycles. The second-order valence-corrected chi connectivity index (χ2v) is 8.92. The summed E-state index contributed by atoms with van der Waals surface area (Å²) in [6.45, 7) is 1.96. The summed E-state index contributed by atoms with van der Waals surface area (Å²) in [7, 11) is 0. The molecule has 0 spiro atoms. The van der Waals surface area contributed by atoms with E-state index < -0.39 is 6.04 Å². The molecule has 1 aliphatic carbocycles. The van der Waals surface area contributed by atoms with E-state index >= 15 is 0 Å². The zero-order valence-corrected chi connectivity index (χ0v) is 18.5. The smallest absolute Gasteiger partial charge is 0.242 e. The Kier molecular flexibility index (Phi) is 8.46. The van der Waals surface area contributed by atoms with Gasteiger partial charge >= 0.3 is 0 Å². The minimum absolute atomic E-state index is 0.161. The first kappa shape index (κ1) is 23.3. The van der Waals surface area contributed by atoms with Crippen LogP contribution in [0.4, 0.5) is 8.78 Å². The quantitative estimate of drug-likeness (QED) is 0.609. The third-order valence-electron chi connectivity index (χ3n) is 5.54. The van der Waals surface area contributed by atoms with Crippen LogP contribution in [0.5, 0.6) is 0 Å². The fourth-order valence-electron chi connectivity index (χ4n) is 3.68. The van der Waals surface area contributed by atoms with Gasteiger partial charge in [0.2, 0.25) is 11.8 Å². The van der Waals surface area contributed by atoms with Gasteiger partial charge in [-0.05, 0) is 55.2 Å². The highest BCUT2D eigenvalue weighted by molar-refractivity contribution is 7.99. The molecule has 0 aliphatic heterocycles. The number of rotatable bonds is 9. The molecule has 7 heteroatoms. The van der Waals surface area contributed by atoms with E-state index in [4.69, 9.17) is 0 Å². The van der Waals surface area contributed by atoms with E-state index in [0.29, 0.717) is 5.75 Å². The minimum atomic E-state index is -0.635. The van der Waals surface area contributed by atoms with Crippen molar-refractivity contribution in [3.05, 3.63) is 71.3 Å². The van der Waals surface area contributed by atoms with Crippen LogP contribution in [0.25, 0.3) is 0 Å². The average molecular weight is 447 g/mol. The van der Waals surface area contributed by atoms with Crippen LogP contribution in [0.2, 0.25) is 0 Å². The van der Waals surface area contributed by atoms with Gasteiger partial charge in [-0.1, -0.05) is 37.1 Å². The molecule has 1 fully saturated rings. The maximum Gasteiger partial charge on any atom is 0.242 e. The lowest BCUT2D eigenvalue weighted by atomic mass is 10.1. The lowest BCUT2D eigenvalue weighted by molar-refractivity contribution is -0.138. The Morgan fingerprint density at radius 1 is 1.00 bits per heavy atom. The van der Waals surface area contributed by atoms with Crippen molar-refractivity contribution in [1.82, 2.24) is 10.2 Å². The molecule has 0 bridgehead atoms. The van der Waals surface area contributed by atoms with Crippen molar-refractivity contribution in [2.24, 2.45) is 0 Å². The number of carbonyl (C=O) groups excluding carboxylic acids is 2. The summed E-state index contributed by atoms with van der Waals surface area (Å²) >= 11 is 1.42. The molecular weight excluding hydrogens is 418 g/mol. The number of carbonyl (C=O) groups is 2. The van der Waals surface area contributed by atoms with E-state index in [1.54, 1.807) is 36.1 Å². The monoisotopic (exact) mass is 446 g/mol. The van der Waals surface area contributed by atoms with Gasteiger partial charge in [0.15, 0.2) is 0 Å². The predicted molar refractivity (Wildman–Crippen MR) is 119 cm³/mol. The Morgan fingerprint density at radius 3 is 2.13 bits per heavy atom. The zero-order valence-electron chi connectivity index (χ0n) is 17.7. The molecule has 2 aromatic rings. The molecule has 0 heterocycles. The fraction of sp³-hybridized carbons (Fsp3) is 0.417. The highest BCUT2D eigenvalue weighted by Gasteiger charge is 2.28. The van der Waals surface area contributed by atoms with Crippen LogP contribution in [0.3, 0.4) is 0 Å². The molecular formula is C24H28F2N2O2S. The van der Waals surface area contributed by atoms with Gasteiger partial charge in [-0.25, -0.2) is 8.78 Å². The number of amides is 2. The van der Waals surface area contributed by atoms with Gasteiger partial charge in [-0.3, -0.25) is 9.59 Å². The standard InChI is InChI=1S/C24H28F2N2O2S/c1-17(24(30)27-22-4-2-3-5-22)28(14-18-6-10-20(25)11-7-18)23(29)16-31-15-19-8-12-21(26)13-9-19/h6-13,17,22H,2-5,14-16H2,1H3,(H,27,30)/t17-/m0/s1. The predicted octanol–water partition coefficient (Wildman–Crippen LogP) is 4.67. The molecule has 3 rings (SSSR count). The molecule has 0 saturated heterocycles. The van der Waals surface area contributed by atoms with Crippen LogP contribution in [0.1, 0.15) is 43.7 Å². The van der Waals surface area contributed by atoms with Gasteiger partial charge in [0.05, 0.1) is 5.75 Å². The summed E-state index contributed by atoms with van der Waals surface area (Å²) in [5, 5.41) is 3.06. The topological polar surface area (TPSA) is 49.4 Å². The summed E-state index contributed by atoms with van der Waals surface area (Å²) in [4.78, 5) is 27.4. The Labute approximate surface area is 186 Å². The van der Waals surface area contributed by atoms with E-state index in [-0.39, 0.29) is 41.8 Å². The maximum atomic E-state index is 13.3. The second-order valence-electron chi connectivity index (χ2n) is 7.93. The molecule has 2 aromatic carbocycles. The van der Waals surface area contributed by atoms with E-state index in [1.807, 2.05) is 0 Å².